The van der Waals surface area contributed by atoms with Crippen molar-refractivity contribution in [3.8, 4) is 11.5 Å². The Morgan fingerprint density at radius 3 is 2.39 bits per heavy atom. The SMILES string of the molecule is O=C(NC1CCCCC1)C(Cc1ccccc1)N(Cc1ccc(Cl)cc1Cl)C(=O)CCc1ccc2c(c1)OCCO2. The summed E-state index contributed by atoms with van der Waals surface area (Å²) in [5.41, 5.74) is 2.70. The van der Waals surface area contributed by atoms with Gasteiger partial charge in [0.05, 0.1) is 0 Å². The predicted molar refractivity (Wildman–Crippen MR) is 162 cm³/mol. The summed E-state index contributed by atoms with van der Waals surface area (Å²) in [5.74, 6) is 1.16. The third kappa shape index (κ3) is 7.96. The van der Waals surface area contributed by atoms with E-state index in [4.69, 9.17) is 32.7 Å². The molecule has 1 N–H and O–H groups in total. The normalized spacial score (nSPS) is 15.7. The first kappa shape index (κ1) is 29.3. The molecular formula is C33H36Cl2N2O4. The molecule has 1 fully saturated rings. The van der Waals surface area contributed by atoms with Gasteiger partial charge in [0.2, 0.25) is 11.8 Å². The molecule has 2 aliphatic rings. The fourth-order valence-electron chi connectivity index (χ4n) is 5.57. The molecular weight excluding hydrogens is 559 g/mol. The number of aryl methyl sites for hydroxylation is 1. The third-order valence-electron chi connectivity index (χ3n) is 7.81. The monoisotopic (exact) mass is 594 g/mol. The van der Waals surface area contributed by atoms with Gasteiger partial charge in [-0.25, -0.2) is 0 Å². The van der Waals surface area contributed by atoms with Crippen molar-refractivity contribution in [3.05, 3.63) is 93.5 Å². The zero-order valence-electron chi connectivity index (χ0n) is 23.1. The van der Waals surface area contributed by atoms with Crippen molar-refractivity contribution in [2.75, 3.05) is 13.2 Å². The first-order chi connectivity index (χ1) is 20.0. The van der Waals surface area contributed by atoms with Crippen molar-refractivity contribution >= 4 is 35.0 Å². The minimum Gasteiger partial charge on any atom is -0.486 e. The van der Waals surface area contributed by atoms with Gasteiger partial charge < -0.3 is 19.7 Å². The van der Waals surface area contributed by atoms with E-state index < -0.39 is 6.04 Å². The van der Waals surface area contributed by atoms with E-state index in [1.165, 1.54) is 6.42 Å². The van der Waals surface area contributed by atoms with Crippen LogP contribution in [0.5, 0.6) is 11.5 Å². The molecule has 216 valence electrons. The fourth-order valence-corrected chi connectivity index (χ4v) is 6.04. The van der Waals surface area contributed by atoms with Crippen LogP contribution in [-0.2, 0) is 29.0 Å². The summed E-state index contributed by atoms with van der Waals surface area (Å²) in [5, 5.41) is 4.26. The summed E-state index contributed by atoms with van der Waals surface area (Å²) in [6.07, 6.45) is 6.46. The first-order valence-electron chi connectivity index (χ1n) is 14.4. The highest BCUT2D eigenvalue weighted by Crippen LogP contribution is 2.31. The van der Waals surface area contributed by atoms with Crippen molar-refractivity contribution in [2.24, 2.45) is 0 Å². The average molecular weight is 596 g/mol. The molecule has 0 radical (unpaired) electrons. The number of fused-ring (bicyclic) bond motifs is 1. The van der Waals surface area contributed by atoms with Crippen LogP contribution in [0.3, 0.4) is 0 Å². The lowest BCUT2D eigenvalue weighted by Crippen LogP contribution is -2.53. The van der Waals surface area contributed by atoms with Crippen molar-refractivity contribution in [1.29, 1.82) is 0 Å². The number of nitrogens with one attached hydrogen (secondary N) is 1. The van der Waals surface area contributed by atoms with Gasteiger partial charge in [-0.1, -0.05) is 84.9 Å². The second-order valence-electron chi connectivity index (χ2n) is 10.8. The molecule has 1 heterocycles. The second-order valence-corrected chi connectivity index (χ2v) is 11.6. The summed E-state index contributed by atoms with van der Waals surface area (Å²) < 4.78 is 11.4. The van der Waals surface area contributed by atoms with Crippen molar-refractivity contribution in [1.82, 2.24) is 10.2 Å². The molecule has 3 aromatic rings. The molecule has 6 nitrogen and oxygen atoms in total. The minimum atomic E-state index is -0.696. The molecule has 3 aromatic carbocycles. The number of halogens is 2. The van der Waals surface area contributed by atoms with E-state index in [0.717, 1.165) is 42.4 Å². The maximum atomic E-state index is 14.0. The number of benzene rings is 3. The van der Waals surface area contributed by atoms with Gasteiger partial charge in [0, 0.05) is 35.5 Å². The van der Waals surface area contributed by atoms with Crippen LogP contribution in [0.1, 0.15) is 55.2 Å². The van der Waals surface area contributed by atoms with Gasteiger partial charge in [-0.05, 0) is 60.2 Å². The molecule has 0 spiro atoms. The van der Waals surface area contributed by atoms with E-state index in [2.05, 4.69) is 5.32 Å². The van der Waals surface area contributed by atoms with Gasteiger partial charge in [0.15, 0.2) is 11.5 Å². The molecule has 0 bridgehead atoms. The van der Waals surface area contributed by atoms with Crippen LogP contribution in [0.2, 0.25) is 10.0 Å². The number of hydrogen-bond donors (Lipinski definition) is 1. The highest BCUT2D eigenvalue weighted by Gasteiger charge is 2.32. The smallest absolute Gasteiger partial charge is 0.243 e. The van der Waals surface area contributed by atoms with Gasteiger partial charge in [-0.2, -0.15) is 0 Å². The van der Waals surface area contributed by atoms with E-state index in [-0.39, 0.29) is 30.8 Å². The summed E-state index contributed by atoms with van der Waals surface area (Å²) in [7, 11) is 0. The predicted octanol–water partition coefficient (Wildman–Crippen LogP) is 6.79. The first-order valence-corrected chi connectivity index (χ1v) is 15.2. The quantitative estimate of drug-likeness (QED) is 0.281. The van der Waals surface area contributed by atoms with Crippen molar-refractivity contribution in [2.45, 2.75) is 70.0 Å². The zero-order valence-corrected chi connectivity index (χ0v) is 24.6. The number of nitrogens with zero attached hydrogens (tertiary/aromatic N) is 1. The molecule has 5 rings (SSSR count). The summed E-state index contributed by atoms with van der Waals surface area (Å²) >= 11 is 12.7. The highest BCUT2D eigenvalue weighted by molar-refractivity contribution is 6.35. The van der Waals surface area contributed by atoms with Gasteiger partial charge in [0.25, 0.3) is 0 Å². The summed E-state index contributed by atoms with van der Waals surface area (Å²) in [6.45, 7) is 1.23. The van der Waals surface area contributed by atoms with Crippen LogP contribution in [0.4, 0.5) is 0 Å². The maximum absolute atomic E-state index is 14.0. The van der Waals surface area contributed by atoms with Crippen molar-refractivity contribution in [3.63, 3.8) is 0 Å². The molecule has 1 aliphatic carbocycles. The van der Waals surface area contributed by atoms with Crippen LogP contribution in [0, 0.1) is 0 Å². The number of amides is 2. The Morgan fingerprint density at radius 1 is 0.878 bits per heavy atom. The molecule has 1 saturated carbocycles. The highest BCUT2D eigenvalue weighted by atomic mass is 35.5. The standard InChI is InChI=1S/C33H36Cl2N2O4/c34-26-14-13-25(28(35)21-26)22-37(32(38)16-12-24-11-15-30-31(20-24)41-18-17-40-30)29(19-23-7-3-1-4-8-23)33(39)36-27-9-5-2-6-10-27/h1,3-4,7-8,11,13-15,20-21,27,29H,2,5-6,9-10,12,16-19,22H2,(H,36,39). The number of carbonyl (C=O) groups is 2. The summed E-state index contributed by atoms with van der Waals surface area (Å²) in [4.78, 5) is 29.7. The van der Waals surface area contributed by atoms with Crippen LogP contribution in [-0.4, -0.2) is 42.0 Å². The minimum absolute atomic E-state index is 0.120. The molecule has 0 saturated heterocycles. The van der Waals surface area contributed by atoms with Crippen LogP contribution < -0.4 is 14.8 Å². The maximum Gasteiger partial charge on any atom is 0.243 e. The molecule has 0 aromatic heterocycles. The van der Waals surface area contributed by atoms with E-state index in [1.807, 2.05) is 54.6 Å². The Balaban J connectivity index is 1.41. The lowest BCUT2D eigenvalue weighted by molar-refractivity contribution is -0.141. The largest absolute Gasteiger partial charge is 0.486 e. The number of carbonyl (C=O) groups excluding carboxylic acids is 2. The molecule has 1 aliphatic heterocycles. The molecule has 2 amide bonds. The van der Waals surface area contributed by atoms with Crippen molar-refractivity contribution < 1.29 is 19.1 Å². The zero-order chi connectivity index (χ0) is 28.6. The average Bonchev–Trinajstić information content (AvgIpc) is 2.99. The van der Waals surface area contributed by atoms with Gasteiger partial charge in [-0.15, -0.1) is 0 Å². The Kier molecular flexibility index (Phi) is 10.1. The lowest BCUT2D eigenvalue weighted by Gasteiger charge is -2.34. The van der Waals surface area contributed by atoms with E-state index in [0.29, 0.717) is 47.6 Å². The van der Waals surface area contributed by atoms with E-state index >= 15 is 0 Å². The van der Waals surface area contributed by atoms with Gasteiger partial charge in [-0.3, -0.25) is 9.59 Å². The Morgan fingerprint density at radius 2 is 1.63 bits per heavy atom. The summed E-state index contributed by atoms with van der Waals surface area (Å²) in [6, 6.07) is 20.3. The van der Waals surface area contributed by atoms with E-state index in [9.17, 15) is 9.59 Å². The fraction of sp³-hybridized carbons (Fsp3) is 0.394. The van der Waals surface area contributed by atoms with Crippen LogP contribution in [0.25, 0.3) is 0 Å². The van der Waals surface area contributed by atoms with E-state index in [1.54, 1.807) is 17.0 Å². The second kappa shape index (κ2) is 14.1. The van der Waals surface area contributed by atoms with Crippen LogP contribution in [0.15, 0.2) is 66.7 Å². The molecule has 1 unspecified atom stereocenters. The molecule has 1 atom stereocenters. The van der Waals surface area contributed by atoms with Gasteiger partial charge in [0.1, 0.15) is 19.3 Å². The van der Waals surface area contributed by atoms with Crippen LogP contribution >= 0.6 is 23.2 Å². The third-order valence-corrected chi connectivity index (χ3v) is 8.40. The Hall–Kier alpha value is -3.22. The number of rotatable bonds is 10. The van der Waals surface area contributed by atoms with Gasteiger partial charge >= 0.3 is 0 Å². The number of hydrogen-bond acceptors (Lipinski definition) is 4. The lowest BCUT2D eigenvalue weighted by atomic mass is 9.94. The molecule has 8 heteroatoms. The Labute approximate surface area is 251 Å². The topological polar surface area (TPSA) is 67.9 Å². The Bertz CT molecular complexity index is 1340. The number of ether oxygens (including phenoxy) is 2. The molecule has 41 heavy (non-hydrogen) atoms.